The molecule has 1 saturated carbocycles. The number of carbonyl (C=O) groups excluding carboxylic acids is 2. The molecule has 31 heavy (non-hydrogen) atoms. The average molecular weight is 433 g/mol. The first-order valence-electron chi connectivity index (χ1n) is 11.4. The van der Waals surface area contributed by atoms with Crippen molar-refractivity contribution in [2.24, 2.45) is 5.41 Å². The molecule has 1 spiro atoms. The van der Waals surface area contributed by atoms with E-state index in [0.717, 1.165) is 45.3 Å². The summed E-state index contributed by atoms with van der Waals surface area (Å²) in [6, 6.07) is 7.70. The lowest BCUT2D eigenvalue weighted by Gasteiger charge is -2.49. The van der Waals surface area contributed by atoms with Gasteiger partial charge in [0.1, 0.15) is 5.75 Å². The molecule has 0 aromatic heterocycles. The largest absolute Gasteiger partial charge is 0.415 e. The molecule has 1 aromatic rings. The topological polar surface area (TPSA) is 79.1 Å². The van der Waals surface area contributed by atoms with Crippen molar-refractivity contribution in [2.75, 3.05) is 39.5 Å². The summed E-state index contributed by atoms with van der Waals surface area (Å²) in [5.74, 6) is 0.640. The van der Waals surface area contributed by atoms with Gasteiger partial charge < -0.3 is 25.2 Å². The highest BCUT2D eigenvalue weighted by atomic mass is 16.6. The van der Waals surface area contributed by atoms with Crippen molar-refractivity contribution < 1.29 is 14.3 Å². The highest BCUT2D eigenvalue weighted by Gasteiger charge is 2.50. The zero-order chi connectivity index (χ0) is 23.2. The van der Waals surface area contributed by atoms with E-state index in [-0.39, 0.29) is 23.5 Å². The van der Waals surface area contributed by atoms with Crippen molar-refractivity contribution in [2.45, 2.75) is 65.5 Å². The second-order valence-electron chi connectivity index (χ2n) is 8.92. The van der Waals surface area contributed by atoms with Crippen molar-refractivity contribution in [3.63, 3.8) is 0 Å². The van der Waals surface area contributed by atoms with Crippen molar-refractivity contribution in [1.29, 1.82) is 0 Å². The van der Waals surface area contributed by atoms with Crippen LogP contribution < -0.4 is 10.5 Å². The number of hydrogen-bond donors (Lipinski definition) is 1. The molecule has 7 nitrogen and oxygen atoms in total. The Morgan fingerprint density at radius 2 is 1.84 bits per heavy atom. The Labute approximate surface area is 187 Å². The van der Waals surface area contributed by atoms with Crippen molar-refractivity contribution in [3.8, 4) is 5.75 Å². The minimum absolute atomic E-state index is 0.111. The maximum atomic E-state index is 12.5. The van der Waals surface area contributed by atoms with Crippen LogP contribution in [0.15, 0.2) is 24.3 Å². The first-order chi connectivity index (χ1) is 14.7. The minimum atomic E-state index is -0.274. The van der Waals surface area contributed by atoms with Gasteiger partial charge in [0, 0.05) is 51.4 Å². The molecule has 174 valence electrons. The predicted octanol–water partition coefficient (Wildman–Crippen LogP) is 3.84. The van der Waals surface area contributed by atoms with Crippen LogP contribution in [0.1, 0.15) is 53.4 Å². The molecule has 3 rings (SSSR count). The summed E-state index contributed by atoms with van der Waals surface area (Å²) in [6.07, 6.45) is 3.97. The number of benzene rings is 1. The Morgan fingerprint density at radius 1 is 1.23 bits per heavy atom. The van der Waals surface area contributed by atoms with Gasteiger partial charge in [-0.3, -0.25) is 4.79 Å². The van der Waals surface area contributed by atoms with Crippen molar-refractivity contribution in [1.82, 2.24) is 14.7 Å². The Hall–Kier alpha value is -2.28. The van der Waals surface area contributed by atoms with E-state index in [1.165, 1.54) is 0 Å². The molecule has 1 aromatic carbocycles. The van der Waals surface area contributed by atoms with Crippen LogP contribution in [0.2, 0.25) is 0 Å². The fourth-order valence-corrected chi connectivity index (χ4v) is 4.45. The van der Waals surface area contributed by atoms with Crippen LogP contribution in [0.4, 0.5) is 10.5 Å². The Bertz CT molecular complexity index is 731. The molecule has 0 bridgehead atoms. The van der Waals surface area contributed by atoms with E-state index in [4.69, 9.17) is 10.5 Å². The number of ether oxygens (including phenoxy) is 1. The van der Waals surface area contributed by atoms with Crippen molar-refractivity contribution >= 4 is 17.7 Å². The normalized spacial score (nSPS) is 23.1. The first kappa shape index (κ1) is 25.0. The molecule has 2 N–H and O–H groups in total. The molecule has 1 atom stereocenters. The van der Waals surface area contributed by atoms with Gasteiger partial charge in [-0.15, -0.1) is 0 Å². The number of anilines is 1. The summed E-state index contributed by atoms with van der Waals surface area (Å²) in [6.45, 7) is 10.2. The van der Waals surface area contributed by atoms with E-state index in [1.54, 1.807) is 36.1 Å². The van der Waals surface area contributed by atoms with Crippen LogP contribution in [-0.4, -0.2) is 72.5 Å². The fraction of sp³-hybridized carbons (Fsp3) is 0.667. The van der Waals surface area contributed by atoms with Crippen LogP contribution in [0.3, 0.4) is 0 Å². The predicted molar refractivity (Wildman–Crippen MR) is 125 cm³/mol. The first-order valence-corrected chi connectivity index (χ1v) is 11.4. The number of hydrogen-bond acceptors (Lipinski definition) is 5. The number of nitrogens with zero attached hydrogens (tertiary/aromatic N) is 3. The van der Waals surface area contributed by atoms with Gasteiger partial charge in [-0.2, -0.15) is 0 Å². The van der Waals surface area contributed by atoms with E-state index >= 15 is 0 Å². The monoisotopic (exact) mass is 432 g/mol. The van der Waals surface area contributed by atoms with Crippen LogP contribution >= 0.6 is 0 Å². The fourth-order valence-electron chi connectivity index (χ4n) is 4.45. The molecule has 0 radical (unpaired) electrons. The lowest BCUT2D eigenvalue weighted by Crippen LogP contribution is -2.52. The summed E-state index contributed by atoms with van der Waals surface area (Å²) < 4.78 is 5.48. The SMILES string of the molecule is CC.CC(=O)N(C)C(C)CCN(C)C1CC2(CCN(C(=O)Oc3ccc(N)cc3)C2)C1. The summed E-state index contributed by atoms with van der Waals surface area (Å²) in [4.78, 5) is 30.0. The number of nitrogens with two attached hydrogens (primary N) is 1. The molecule has 2 amide bonds. The molecule has 1 saturated heterocycles. The van der Waals surface area contributed by atoms with Gasteiger partial charge in [0.25, 0.3) is 0 Å². The average Bonchev–Trinajstić information content (AvgIpc) is 3.19. The molecular weight excluding hydrogens is 392 g/mol. The third-order valence-corrected chi connectivity index (χ3v) is 6.80. The molecule has 1 aliphatic carbocycles. The van der Waals surface area contributed by atoms with Crippen molar-refractivity contribution in [3.05, 3.63) is 24.3 Å². The van der Waals surface area contributed by atoms with Gasteiger partial charge in [0.2, 0.25) is 5.91 Å². The van der Waals surface area contributed by atoms with E-state index < -0.39 is 0 Å². The zero-order valence-corrected chi connectivity index (χ0v) is 20.1. The highest BCUT2D eigenvalue weighted by Crippen LogP contribution is 2.50. The summed E-state index contributed by atoms with van der Waals surface area (Å²) in [5.41, 5.74) is 6.56. The lowest BCUT2D eigenvalue weighted by molar-refractivity contribution is -0.129. The van der Waals surface area contributed by atoms with Crippen LogP contribution in [0.5, 0.6) is 5.75 Å². The number of likely N-dealkylation sites (tertiary alicyclic amines) is 1. The quantitative estimate of drug-likeness (QED) is 0.691. The molecule has 2 aliphatic rings. The van der Waals surface area contributed by atoms with Crippen LogP contribution in [0, 0.1) is 5.41 Å². The molecule has 7 heteroatoms. The van der Waals surface area contributed by atoms with Gasteiger partial charge in [0.05, 0.1) is 0 Å². The van der Waals surface area contributed by atoms with E-state index in [9.17, 15) is 9.59 Å². The smallest absolute Gasteiger partial charge is 0.410 e. The summed E-state index contributed by atoms with van der Waals surface area (Å²) in [7, 11) is 4.03. The van der Waals surface area contributed by atoms with Gasteiger partial charge in [-0.05, 0) is 69.3 Å². The third kappa shape index (κ3) is 6.35. The second-order valence-corrected chi connectivity index (χ2v) is 8.92. The Balaban J connectivity index is 0.00000166. The zero-order valence-electron chi connectivity index (χ0n) is 20.1. The molecule has 1 unspecified atom stereocenters. The molecule has 1 aliphatic heterocycles. The Kier molecular flexibility index (Phi) is 8.74. The Morgan fingerprint density at radius 3 is 2.42 bits per heavy atom. The van der Waals surface area contributed by atoms with Gasteiger partial charge in [-0.1, -0.05) is 13.8 Å². The maximum absolute atomic E-state index is 12.5. The van der Waals surface area contributed by atoms with Gasteiger partial charge in [-0.25, -0.2) is 4.79 Å². The summed E-state index contributed by atoms with van der Waals surface area (Å²) >= 11 is 0. The number of carbonyl (C=O) groups is 2. The van der Waals surface area contributed by atoms with E-state index in [2.05, 4.69) is 18.9 Å². The van der Waals surface area contributed by atoms with Gasteiger partial charge in [0.15, 0.2) is 0 Å². The third-order valence-electron chi connectivity index (χ3n) is 6.80. The minimum Gasteiger partial charge on any atom is -0.410 e. The second kappa shape index (κ2) is 10.8. The standard InChI is InChI=1S/C22H34N4O3.C2H6/c1-16(25(4)17(2)27)9-11-24(3)19-13-22(14-19)10-12-26(15-22)21(28)29-20-7-5-18(23)6-8-20;1-2/h5-8,16,19H,9-15,23H2,1-4H3;1-2H3. The number of nitrogen functional groups attached to an aromatic ring is 1. The molecule has 1 heterocycles. The highest BCUT2D eigenvalue weighted by molar-refractivity contribution is 5.73. The number of amides is 2. The molecular formula is C24H40N4O3. The summed E-state index contributed by atoms with van der Waals surface area (Å²) in [5, 5.41) is 0. The van der Waals surface area contributed by atoms with Crippen LogP contribution in [0.25, 0.3) is 0 Å². The maximum Gasteiger partial charge on any atom is 0.415 e. The number of rotatable bonds is 6. The lowest BCUT2D eigenvalue weighted by atomic mass is 9.64. The molecule has 2 fully saturated rings. The van der Waals surface area contributed by atoms with E-state index in [1.807, 2.05) is 25.8 Å². The van der Waals surface area contributed by atoms with Crippen LogP contribution in [-0.2, 0) is 4.79 Å². The van der Waals surface area contributed by atoms with E-state index in [0.29, 0.717) is 17.5 Å². The van der Waals surface area contributed by atoms with Gasteiger partial charge >= 0.3 is 6.09 Å².